The van der Waals surface area contributed by atoms with Crippen LogP contribution in [0.1, 0.15) is 10.5 Å². The summed E-state index contributed by atoms with van der Waals surface area (Å²) in [5, 5.41) is 13.5. The fourth-order valence-corrected chi connectivity index (χ4v) is 3.23. The molecular weight excluding hydrogens is 413 g/mol. The average molecular weight is 429 g/mol. The number of carbonyl (C=O) groups is 1. The highest BCUT2D eigenvalue weighted by Gasteiger charge is 2.19. The van der Waals surface area contributed by atoms with E-state index in [0.717, 1.165) is 5.56 Å². The van der Waals surface area contributed by atoms with Crippen LogP contribution in [0.5, 0.6) is 5.75 Å². The minimum absolute atomic E-state index is 0.0336. The lowest BCUT2D eigenvalue weighted by atomic mass is 10.1. The smallest absolute Gasteiger partial charge is 0.274 e. The molecule has 0 bridgehead atoms. The summed E-state index contributed by atoms with van der Waals surface area (Å²) in [6.07, 6.45) is 4.20. The number of ether oxygens (including phenoxy) is 1. The Kier molecular flexibility index (Phi) is 4.79. The molecule has 0 saturated heterocycles. The molecule has 158 valence electrons. The SMILES string of the molecule is COc1ccnc(-c2cn[nH]c2C(=O)Nc2cc3nc(-c4ccccc4)nn3cc2F)c1. The molecule has 4 aromatic heterocycles. The molecule has 0 atom stereocenters. The van der Waals surface area contributed by atoms with Crippen molar-refractivity contribution in [2.45, 2.75) is 0 Å². The van der Waals surface area contributed by atoms with Crippen molar-refractivity contribution in [3.63, 3.8) is 0 Å². The van der Waals surface area contributed by atoms with E-state index in [1.807, 2.05) is 30.3 Å². The Labute approximate surface area is 180 Å². The van der Waals surface area contributed by atoms with Crippen LogP contribution in [0.15, 0.2) is 67.1 Å². The number of benzene rings is 1. The predicted molar refractivity (Wildman–Crippen MR) is 115 cm³/mol. The fraction of sp³-hybridized carbons (Fsp3) is 0.0455. The zero-order valence-electron chi connectivity index (χ0n) is 16.8. The zero-order valence-corrected chi connectivity index (χ0v) is 16.8. The number of nitrogens with zero attached hydrogens (tertiary/aromatic N) is 5. The summed E-state index contributed by atoms with van der Waals surface area (Å²) < 4.78 is 21.2. The van der Waals surface area contributed by atoms with Crippen molar-refractivity contribution in [2.75, 3.05) is 12.4 Å². The monoisotopic (exact) mass is 429 g/mol. The number of fused-ring (bicyclic) bond motifs is 1. The van der Waals surface area contributed by atoms with Gasteiger partial charge < -0.3 is 10.1 Å². The summed E-state index contributed by atoms with van der Waals surface area (Å²) >= 11 is 0. The van der Waals surface area contributed by atoms with E-state index < -0.39 is 11.7 Å². The summed E-state index contributed by atoms with van der Waals surface area (Å²) in [4.78, 5) is 21.6. The van der Waals surface area contributed by atoms with Gasteiger partial charge in [0.05, 0.1) is 36.4 Å². The van der Waals surface area contributed by atoms with E-state index in [2.05, 4.69) is 30.6 Å². The summed E-state index contributed by atoms with van der Waals surface area (Å²) in [6.45, 7) is 0. The van der Waals surface area contributed by atoms with Crippen molar-refractivity contribution in [1.82, 2.24) is 29.8 Å². The largest absolute Gasteiger partial charge is 0.497 e. The molecule has 9 nitrogen and oxygen atoms in total. The number of carbonyl (C=O) groups excluding carboxylic acids is 1. The van der Waals surface area contributed by atoms with Crippen LogP contribution < -0.4 is 10.1 Å². The highest BCUT2D eigenvalue weighted by atomic mass is 19.1. The Morgan fingerprint density at radius 2 is 2.03 bits per heavy atom. The Hall–Kier alpha value is -4.60. The second-order valence-corrected chi connectivity index (χ2v) is 6.83. The third-order valence-electron chi connectivity index (χ3n) is 4.81. The zero-order chi connectivity index (χ0) is 22.1. The number of methoxy groups -OCH3 is 1. The summed E-state index contributed by atoms with van der Waals surface area (Å²) in [7, 11) is 1.54. The fourth-order valence-electron chi connectivity index (χ4n) is 3.23. The molecule has 2 N–H and O–H groups in total. The molecule has 0 spiro atoms. The van der Waals surface area contributed by atoms with Gasteiger partial charge in [0.1, 0.15) is 11.4 Å². The van der Waals surface area contributed by atoms with Crippen molar-refractivity contribution < 1.29 is 13.9 Å². The first-order chi connectivity index (χ1) is 15.6. The van der Waals surface area contributed by atoms with Gasteiger partial charge in [-0.15, -0.1) is 5.10 Å². The van der Waals surface area contributed by atoms with Crippen LogP contribution in [0, 0.1) is 5.82 Å². The van der Waals surface area contributed by atoms with Crippen LogP contribution >= 0.6 is 0 Å². The minimum atomic E-state index is -0.657. The number of hydrogen-bond acceptors (Lipinski definition) is 6. The van der Waals surface area contributed by atoms with Crippen molar-refractivity contribution in [3.05, 3.63) is 78.6 Å². The van der Waals surface area contributed by atoms with Gasteiger partial charge >= 0.3 is 0 Å². The van der Waals surface area contributed by atoms with Crippen LogP contribution in [0.4, 0.5) is 10.1 Å². The highest BCUT2D eigenvalue weighted by Crippen LogP contribution is 2.25. The molecule has 1 aromatic carbocycles. The van der Waals surface area contributed by atoms with Gasteiger partial charge in [-0.1, -0.05) is 30.3 Å². The lowest BCUT2D eigenvalue weighted by Crippen LogP contribution is -2.15. The maximum atomic E-state index is 14.7. The van der Waals surface area contributed by atoms with Gasteiger partial charge in [0, 0.05) is 23.9 Å². The van der Waals surface area contributed by atoms with E-state index in [4.69, 9.17) is 4.74 Å². The van der Waals surface area contributed by atoms with E-state index in [1.165, 1.54) is 30.1 Å². The van der Waals surface area contributed by atoms with Gasteiger partial charge in [-0.3, -0.25) is 14.9 Å². The predicted octanol–water partition coefficient (Wildman–Crippen LogP) is 3.58. The molecule has 1 amide bonds. The molecule has 0 aliphatic carbocycles. The number of aromatic amines is 1. The first-order valence-electron chi connectivity index (χ1n) is 9.59. The Bertz CT molecular complexity index is 1430. The Morgan fingerprint density at radius 1 is 1.19 bits per heavy atom. The van der Waals surface area contributed by atoms with E-state index in [9.17, 15) is 9.18 Å². The number of rotatable bonds is 5. The van der Waals surface area contributed by atoms with Crippen LogP contribution in [0.3, 0.4) is 0 Å². The molecule has 0 unspecified atom stereocenters. The lowest BCUT2D eigenvalue weighted by molar-refractivity contribution is 0.102. The number of nitrogens with one attached hydrogen (secondary N) is 2. The number of anilines is 1. The minimum Gasteiger partial charge on any atom is -0.497 e. The van der Waals surface area contributed by atoms with E-state index in [0.29, 0.717) is 28.5 Å². The Balaban J connectivity index is 1.45. The number of amides is 1. The molecule has 10 heteroatoms. The summed E-state index contributed by atoms with van der Waals surface area (Å²) in [5.74, 6) is -0.197. The second kappa shape index (κ2) is 7.91. The van der Waals surface area contributed by atoms with Gasteiger partial charge in [-0.25, -0.2) is 13.9 Å². The number of H-pyrrole nitrogens is 1. The maximum Gasteiger partial charge on any atom is 0.274 e. The van der Waals surface area contributed by atoms with Crippen LogP contribution in [-0.4, -0.2) is 42.8 Å². The van der Waals surface area contributed by atoms with Crippen molar-refractivity contribution in [2.24, 2.45) is 0 Å². The third kappa shape index (κ3) is 3.54. The van der Waals surface area contributed by atoms with E-state index in [1.54, 1.807) is 18.3 Å². The maximum absolute atomic E-state index is 14.7. The van der Waals surface area contributed by atoms with Crippen molar-refractivity contribution in [3.8, 4) is 28.4 Å². The molecular formula is C22H16FN7O2. The number of aromatic nitrogens is 6. The molecule has 0 aliphatic rings. The first-order valence-corrected chi connectivity index (χ1v) is 9.59. The quantitative estimate of drug-likeness (QED) is 0.442. The number of halogens is 1. The lowest BCUT2D eigenvalue weighted by Gasteiger charge is -2.07. The normalized spacial score (nSPS) is 10.9. The molecule has 4 heterocycles. The molecule has 5 aromatic rings. The van der Waals surface area contributed by atoms with Crippen LogP contribution in [0.2, 0.25) is 0 Å². The van der Waals surface area contributed by atoms with Crippen molar-refractivity contribution >= 4 is 17.2 Å². The van der Waals surface area contributed by atoms with Gasteiger partial charge in [0.2, 0.25) is 0 Å². The average Bonchev–Trinajstić information content (AvgIpc) is 3.47. The van der Waals surface area contributed by atoms with E-state index in [-0.39, 0.29) is 11.4 Å². The van der Waals surface area contributed by atoms with E-state index >= 15 is 0 Å². The highest BCUT2D eigenvalue weighted by molar-refractivity contribution is 6.07. The summed E-state index contributed by atoms with van der Waals surface area (Å²) in [5.41, 5.74) is 2.24. The molecule has 0 saturated carbocycles. The number of pyridine rings is 2. The molecule has 32 heavy (non-hydrogen) atoms. The van der Waals surface area contributed by atoms with Gasteiger partial charge in [-0.05, 0) is 6.07 Å². The van der Waals surface area contributed by atoms with Crippen LogP contribution in [0.25, 0.3) is 28.3 Å². The van der Waals surface area contributed by atoms with Crippen LogP contribution in [-0.2, 0) is 0 Å². The van der Waals surface area contributed by atoms with Crippen molar-refractivity contribution in [1.29, 1.82) is 0 Å². The molecule has 5 rings (SSSR count). The first kappa shape index (κ1) is 19.4. The molecule has 0 aliphatic heterocycles. The molecule has 0 fully saturated rings. The van der Waals surface area contributed by atoms with Gasteiger partial charge in [0.15, 0.2) is 17.3 Å². The number of hydrogen-bond donors (Lipinski definition) is 2. The second-order valence-electron chi connectivity index (χ2n) is 6.83. The Morgan fingerprint density at radius 3 is 2.84 bits per heavy atom. The molecule has 0 radical (unpaired) electrons. The van der Waals surface area contributed by atoms with Gasteiger partial charge in [-0.2, -0.15) is 5.10 Å². The topological polar surface area (TPSA) is 110 Å². The standard InChI is InChI=1S/C22H16FN7O2/c1-32-14-7-8-24-17(9-14)15-11-25-28-20(15)22(31)26-18-10-19-27-21(13-5-3-2-4-6-13)29-30(19)12-16(18)23/h2-12H,1H3,(H,25,28)(H,26,31). The summed E-state index contributed by atoms with van der Waals surface area (Å²) in [6, 6.07) is 14.1. The van der Waals surface area contributed by atoms with Gasteiger partial charge in [0.25, 0.3) is 5.91 Å². The third-order valence-corrected chi connectivity index (χ3v) is 4.81.